The van der Waals surface area contributed by atoms with Crippen LogP contribution in [-0.4, -0.2) is 27.5 Å². The fourth-order valence-corrected chi connectivity index (χ4v) is 4.57. The van der Waals surface area contributed by atoms with Crippen LogP contribution in [-0.2, 0) is 7.87 Å². The fraction of sp³-hybridized carbons (Fsp3) is 0.308. The maximum atomic E-state index is 11.3. The Kier molecular flexibility index (Phi) is 6.97. The second-order valence-corrected chi connectivity index (χ2v) is 7.63. The van der Waals surface area contributed by atoms with Crippen LogP contribution in [0.15, 0.2) is 36.4 Å². The van der Waals surface area contributed by atoms with E-state index in [1.807, 2.05) is 30.3 Å². The Balaban J connectivity index is 2.26. The van der Waals surface area contributed by atoms with Crippen LogP contribution in [0.2, 0.25) is 4.44 Å². The Labute approximate surface area is 107 Å². The van der Waals surface area contributed by atoms with E-state index in [1.165, 1.54) is 18.9 Å². The number of unbranched alkanes of at least 4 members (excludes halogenated alkanes) is 1. The van der Waals surface area contributed by atoms with Gasteiger partial charge >= 0.3 is 108 Å². The zero-order chi connectivity index (χ0) is 11.6. The zero-order valence-electron chi connectivity index (χ0n) is 9.69. The molecular formula is C13H18O2Sn. The summed E-state index contributed by atoms with van der Waals surface area (Å²) in [6.07, 6.45) is 5.71. The van der Waals surface area contributed by atoms with Crippen molar-refractivity contribution >= 4 is 33.6 Å². The summed E-state index contributed by atoms with van der Waals surface area (Å²) in [5, 5.41) is 0. The van der Waals surface area contributed by atoms with E-state index >= 15 is 0 Å². The van der Waals surface area contributed by atoms with Gasteiger partial charge in [0.25, 0.3) is 0 Å². The van der Waals surface area contributed by atoms with Crippen molar-refractivity contribution in [1.29, 1.82) is 0 Å². The summed E-state index contributed by atoms with van der Waals surface area (Å²) in [5.41, 5.74) is 1.03. The molecule has 0 fully saturated rings. The van der Waals surface area contributed by atoms with Gasteiger partial charge in [-0.2, -0.15) is 0 Å². The van der Waals surface area contributed by atoms with Crippen molar-refractivity contribution in [3.05, 3.63) is 42.0 Å². The summed E-state index contributed by atoms with van der Waals surface area (Å²) in [7, 11) is 0. The van der Waals surface area contributed by atoms with Gasteiger partial charge in [0.05, 0.1) is 0 Å². The zero-order valence-corrected chi connectivity index (χ0v) is 13.7. The number of hydrogen-bond donors (Lipinski definition) is 0. The van der Waals surface area contributed by atoms with Gasteiger partial charge in [-0.25, -0.2) is 0 Å². The Hall–Kier alpha value is -0.771. The minimum absolute atomic E-state index is 0.171. The van der Waals surface area contributed by atoms with Crippen molar-refractivity contribution in [2.75, 3.05) is 0 Å². The molecule has 1 aromatic carbocycles. The Morgan fingerprint density at radius 1 is 1.38 bits per heavy atom. The van der Waals surface area contributed by atoms with Crippen molar-refractivity contribution in [2.45, 2.75) is 24.2 Å². The van der Waals surface area contributed by atoms with Crippen LogP contribution < -0.4 is 0 Å². The second-order valence-electron chi connectivity index (χ2n) is 3.62. The van der Waals surface area contributed by atoms with Gasteiger partial charge < -0.3 is 0 Å². The molecule has 0 radical (unpaired) electrons. The van der Waals surface area contributed by atoms with E-state index in [9.17, 15) is 4.79 Å². The van der Waals surface area contributed by atoms with Crippen molar-refractivity contribution in [3.8, 4) is 0 Å². The van der Waals surface area contributed by atoms with Crippen LogP contribution in [0, 0.1) is 0 Å². The van der Waals surface area contributed by atoms with Crippen molar-refractivity contribution in [2.24, 2.45) is 0 Å². The fourth-order valence-electron chi connectivity index (χ4n) is 1.30. The van der Waals surface area contributed by atoms with Crippen LogP contribution in [0.3, 0.4) is 0 Å². The molecule has 0 amide bonds. The van der Waals surface area contributed by atoms with E-state index in [0.717, 1.165) is 10.0 Å². The van der Waals surface area contributed by atoms with Gasteiger partial charge in [-0.3, -0.25) is 0 Å². The molecule has 3 heteroatoms. The molecule has 0 atom stereocenters. The molecule has 0 aliphatic rings. The van der Waals surface area contributed by atoms with Gasteiger partial charge in [0.15, 0.2) is 0 Å². The van der Waals surface area contributed by atoms with Crippen LogP contribution in [0.25, 0.3) is 6.08 Å². The molecule has 0 aromatic heterocycles. The first kappa shape index (κ1) is 13.3. The summed E-state index contributed by atoms with van der Waals surface area (Å²) in [6, 6.07) is 9.78. The van der Waals surface area contributed by atoms with Gasteiger partial charge in [0.1, 0.15) is 0 Å². The van der Waals surface area contributed by atoms with E-state index in [4.69, 9.17) is 3.07 Å². The first-order valence-electron chi connectivity index (χ1n) is 5.73. The third kappa shape index (κ3) is 5.95. The van der Waals surface area contributed by atoms with Crippen molar-refractivity contribution < 1.29 is 7.87 Å². The van der Waals surface area contributed by atoms with E-state index < -0.39 is 21.6 Å². The molecule has 0 unspecified atom stereocenters. The monoisotopic (exact) mass is 326 g/mol. The number of hydrogen-bond acceptors (Lipinski definition) is 2. The molecule has 16 heavy (non-hydrogen) atoms. The Morgan fingerprint density at radius 3 is 2.81 bits per heavy atom. The molecule has 0 saturated heterocycles. The third-order valence-electron chi connectivity index (χ3n) is 2.20. The van der Waals surface area contributed by atoms with Gasteiger partial charge in [-0.15, -0.1) is 0 Å². The molecule has 0 heterocycles. The first-order chi connectivity index (χ1) is 7.83. The second kappa shape index (κ2) is 8.39. The van der Waals surface area contributed by atoms with Gasteiger partial charge in [0, 0.05) is 0 Å². The predicted molar refractivity (Wildman–Crippen MR) is 69.8 cm³/mol. The molecule has 2 nitrogen and oxygen atoms in total. The number of rotatable bonds is 6. The standard InChI is InChI=1S/C9H8O2.C4H9.Sn.2H/c10-9(11)7-6-8-4-2-1-3-5-8;1-3-4-2;;;/h1-7H,(H,10,11);1,3-4H2,2H3;;;/q;;+1;;/p-1. The van der Waals surface area contributed by atoms with Crippen molar-refractivity contribution in [3.63, 3.8) is 0 Å². The van der Waals surface area contributed by atoms with Crippen molar-refractivity contribution in [1.82, 2.24) is 0 Å². The average molecular weight is 325 g/mol. The molecule has 0 spiro atoms. The number of benzene rings is 1. The molecule has 1 aromatic rings. The average Bonchev–Trinajstić information content (AvgIpc) is 2.33. The van der Waals surface area contributed by atoms with Gasteiger partial charge in [-0.05, 0) is 0 Å². The molecule has 0 N–H and O–H groups in total. The third-order valence-corrected chi connectivity index (χ3v) is 5.85. The van der Waals surface area contributed by atoms with E-state index in [0.29, 0.717) is 0 Å². The first-order valence-corrected chi connectivity index (χ1v) is 10.2. The van der Waals surface area contributed by atoms with Crippen LogP contribution in [0.1, 0.15) is 25.3 Å². The Morgan fingerprint density at radius 2 is 2.12 bits per heavy atom. The van der Waals surface area contributed by atoms with E-state index in [1.54, 1.807) is 6.08 Å². The molecule has 1 rings (SSSR count). The van der Waals surface area contributed by atoms with E-state index in [-0.39, 0.29) is 5.97 Å². The molecule has 0 aliphatic heterocycles. The number of carbonyl (C=O) groups is 1. The van der Waals surface area contributed by atoms with E-state index in [2.05, 4.69) is 6.92 Å². The molecule has 0 aliphatic carbocycles. The minimum atomic E-state index is -1.25. The molecular weight excluding hydrogens is 307 g/mol. The molecule has 0 saturated carbocycles. The SMILES string of the molecule is CCC[CH2][SnH2][O]C(=O)C=Cc1ccccc1. The quantitative estimate of drug-likeness (QED) is 0.456. The molecule has 0 bridgehead atoms. The topological polar surface area (TPSA) is 26.3 Å². The van der Waals surface area contributed by atoms with Crippen LogP contribution >= 0.6 is 0 Å². The van der Waals surface area contributed by atoms with Gasteiger partial charge in [-0.1, -0.05) is 0 Å². The van der Waals surface area contributed by atoms with Crippen LogP contribution in [0.5, 0.6) is 0 Å². The van der Waals surface area contributed by atoms with Gasteiger partial charge in [0.2, 0.25) is 0 Å². The maximum absolute atomic E-state index is 11.3. The number of carbonyl (C=O) groups excluding carboxylic acids is 1. The Bertz CT molecular complexity index is 333. The summed E-state index contributed by atoms with van der Waals surface area (Å²) in [5.74, 6) is -0.171. The molecule has 86 valence electrons. The summed E-state index contributed by atoms with van der Waals surface area (Å²) in [6.45, 7) is 2.16. The predicted octanol–water partition coefficient (Wildman–Crippen LogP) is 2.55. The summed E-state index contributed by atoms with van der Waals surface area (Å²) in [4.78, 5) is 11.3. The normalized spacial score (nSPS) is 11.3. The summed E-state index contributed by atoms with van der Waals surface area (Å²) < 4.78 is 6.41. The summed E-state index contributed by atoms with van der Waals surface area (Å²) >= 11 is -1.25. The van der Waals surface area contributed by atoms with Crippen LogP contribution in [0.4, 0.5) is 0 Å².